The van der Waals surface area contributed by atoms with Gasteiger partial charge >= 0.3 is 6.03 Å². The number of urea groups is 1. The third-order valence-electron chi connectivity index (χ3n) is 4.23. The lowest BCUT2D eigenvalue weighted by atomic mass is 10.2. The number of pyridine rings is 1. The van der Waals surface area contributed by atoms with Gasteiger partial charge < -0.3 is 26.0 Å². The number of hydrogen-bond acceptors (Lipinski definition) is 7. The summed E-state index contributed by atoms with van der Waals surface area (Å²) in [6.07, 6.45) is 1.74. The number of hydrogen-bond donors (Lipinski definition) is 4. The molecule has 3 rings (SSSR count). The van der Waals surface area contributed by atoms with E-state index in [1.807, 2.05) is 50.2 Å². The van der Waals surface area contributed by atoms with Crippen LogP contribution in [0.25, 0.3) is 0 Å². The standard InChI is InChI=1S/C21H25N7O2/c1-14-8-9-22-20(12-14)26-19-7-6-18(27-28-19)23-10-11-24-21(29)25-17-5-4-16(30-3)13-15(17)2/h4-9,12-13H,10-11H2,1-3H3,(H,23,27)(H,22,26,28)(H2,24,25,29). The molecule has 0 atom stereocenters. The summed E-state index contributed by atoms with van der Waals surface area (Å²) in [5, 5.41) is 20.1. The van der Waals surface area contributed by atoms with Gasteiger partial charge in [-0.25, -0.2) is 9.78 Å². The quantitative estimate of drug-likeness (QED) is 0.423. The molecular weight excluding hydrogens is 382 g/mol. The van der Waals surface area contributed by atoms with E-state index < -0.39 is 0 Å². The van der Waals surface area contributed by atoms with Crippen molar-refractivity contribution in [2.24, 2.45) is 0 Å². The number of carbonyl (C=O) groups excluding carboxylic acids is 1. The van der Waals surface area contributed by atoms with Gasteiger partial charge in [-0.15, -0.1) is 10.2 Å². The molecule has 0 aliphatic rings. The van der Waals surface area contributed by atoms with Gasteiger partial charge in [-0.1, -0.05) is 0 Å². The number of aromatic nitrogens is 3. The Morgan fingerprint density at radius 1 is 0.967 bits per heavy atom. The van der Waals surface area contributed by atoms with Gasteiger partial charge in [-0.05, 0) is 67.4 Å². The SMILES string of the molecule is COc1ccc(NC(=O)NCCNc2ccc(Nc3cc(C)ccn3)nn2)c(C)c1. The topological polar surface area (TPSA) is 113 Å². The fraction of sp³-hybridized carbons (Fsp3) is 0.238. The summed E-state index contributed by atoms with van der Waals surface area (Å²) in [5.41, 5.74) is 2.77. The minimum atomic E-state index is -0.277. The molecular formula is C21H25N7O2. The number of carbonyl (C=O) groups is 1. The molecule has 0 aliphatic heterocycles. The van der Waals surface area contributed by atoms with Crippen molar-refractivity contribution in [1.29, 1.82) is 0 Å². The molecule has 156 valence electrons. The van der Waals surface area contributed by atoms with Crippen LogP contribution in [0.2, 0.25) is 0 Å². The molecule has 30 heavy (non-hydrogen) atoms. The third-order valence-corrected chi connectivity index (χ3v) is 4.23. The number of nitrogens with zero attached hydrogens (tertiary/aromatic N) is 3. The van der Waals surface area contributed by atoms with Crippen LogP contribution in [0.5, 0.6) is 5.75 Å². The van der Waals surface area contributed by atoms with Gasteiger partial charge in [0.05, 0.1) is 7.11 Å². The molecule has 0 fully saturated rings. The second-order valence-corrected chi connectivity index (χ2v) is 6.64. The number of anilines is 4. The molecule has 0 saturated carbocycles. The van der Waals surface area contributed by atoms with Crippen molar-refractivity contribution >= 4 is 29.2 Å². The van der Waals surface area contributed by atoms with Crippen LogP contribution in [0.4, 0.5) is 27.9 Å². The maximum atomic E-state index is 12.0. The van der Waals surface area contributed by atoms with E-state index in [2.05, 4.69) is 36.4 Å². The van der Waals surface area contributed by atoms with Gasteiger partial charge in [0, 0.05) is 25.0 Å². The molecule has 0 saturated heterocycles. The van der Waals surface area contributed by atoms with Crippen molar-refractivity contribution in [3.05, 3.63) is 59.8 Å². The third kappa shape index (κ3) is 6.06. The van der Waals surface area contributed by atoms with Crippen molar-refractivity contribution in [2.45, 2.75) is 13.8 Å². The summed E-state index contributed by atoms with van der Waals surface area (Å²) >= 11 is 0. The minimum absolute atomic E-state index is 0.277. The molecule has 9 nitrogen and oxygen atoms in total. The van der Waals surface area contributed by atoms with E-state index in [-0.39, 0.29) is 6.03 Å². The predicted octanol–water partition coefficient (Wildman–Crippen LogP) is 3.47. The van der Waals surface area contributed by atoms with Gasteiger partial charge in [0.1, 0.15) is 17.4 Å². The van der Waals surface area contributed by atoms with Crippen molar-refractivity contribution < 1.29 is 9.53 Å². The number of nitrogens with one attached hydrogen (secondary N) is 4. The molecule has 3 aromatic rings. The number of amides is 2. The Hall–Kier alpha value is -3.88. The largest absolute Gasteiger partial charge is 0.497 e. The van der Waals surface area contributed by atoms with E-state index in [0.717, 1.165) is 22.6 Å². The maximum absolute atomic E-state index is 12.0. The highest BCUT2D eigenvalue weighted by Gasteiger charge is 2.05. The molecule has 9 heteroatoms. The van der Waals surface area contributed by atoms with Gasteiger partial charge in [-0.3, -0.25) is 0 Å². The zero-order valence-corrected chi connectivity index (χ0v) is 17.2. The lowest BCUT2D eigenvalue weighted by Gasteiger charge is -2.11. The highest BCUT2D eigenvalue weighted by atomic mass is 16.5. The van der Waals surface area contributed by atoms with Crippen molar-refractivity contribution in [3.8, 4) is 5.75 Å². The van der Waals surface area contributed by atoms with Crippen LogP contribution in [0.1, 0.15) is 11.1 Å². The first-order valence-corrected chi connectivity index (χ1v) is 9.50. The van der Waals surface area contributed by atoms with E-state index in [4.69, 9.17) is 4.74 Å². The highest BCUT2D eigenvalue weighted by molar-refractivity contribution is 5.90. The van der Waals surface area contributed by atoms with E-state index in [9.17, 15) is 4.79 Å². The molecule has 1 aromatic carbocycles. The smallest absolute Gasteiger partial charge is 0.319 e. The second-order valence-electron chi connectivity index (χ2n) is 6.64. The molecule has 0 aliphatic carbocycles. The average Bonchev–Trinajstić information content (AvgIpc) is 2.74. The lowest BCUT2D eigenvalue weighted by Crippen LogP contribution is -2.32. The molecule has 0 spiro atoms. The minimum Gasteiger partial charge on any atom is -0.497 e. The van der Waals surface area contributed by atoms with Crippen molar-refractivity contribution in [3.63, 3.8) is 0 Å². The Labute approximate surface area is 175 Å². The maximum Gasteiger partial charge on any atom is 0.319 e. The zero-order chi connectivity index (χ0) is 21.3. The average molecular weight is 407 g/mol. The van der Waals surface area contributed by atoms with Crippen LogP contribution in [0.15, 0.2) is 48.7 Å². The molecule has 0 unspecified atom stereocenters. The van der Waals surface area contributed by atoms with E-state index >= 15 is 0 Å². The van der Waals surface area contributed by atoms with Gasteiger partial charge in [0.15, 0.2) is 5.82 Å². The van der Waals surface area contributed by atoms with Crippen LogP contribution in [0, 0.1) is 13.8 Å². The monoisotopic (exact) mass is 407 g/mol. The van der Waals surface area contributed by atoms with Gasteiger partial charge in [-0.2, -0.15) is 0 Å². The molecule has 4 N–H and O–H groups in total. The summed E-state index contributed by atoms with van der Waals surface area (Å²) < 4.78 is 5.16. The molecule has 0 bridgehead atoms. The summed E-state index contributed by atoms with van der Waals surface area (Å²) in [6, 6.07) is 12.7. The first-order valence-electron chi connectivity index (χ1n) is 9.50. The number of aryl methyl sites for hydroxylation is 2. The Balaban J connectivity index is 1.40. The Morgan fingerprint density at radius 3 is 2.47 bits per heavy atom. The molecule has 2 amide bonds. The zero-order valence-electron chi connectivity index (χ0n) is 17.2. The lowest BCUT2D eigenvalue weighted by molar-refractivity contribution is 0.252. The normalized spacial score (nSPS) is 10.2. The van der Waals surface area contributed by atoms with Crippen LogP contribution >= 0.6 is 0 Å². The molecule has 2 aromatic heterocycles. The highest BCUT2D eigenvalue weighted by Crippen LogP contribution is 2.20. The van der Waals surface area contributed by atoms with E-state index in [1.165, 1.54) is 0 Å². The van der Waals surface area contributed by atoms with Crippen molar-refractivity contribution in [2.75, 3.05) is 36.1 Å². The van der Waals surface area contributed by atoms with Gasteiger partial charge in [0.25, 0.3) is 0 Å². The Morgan fingerprint density at radius 2 is 1.77 bits per heavy atom. The summed E-state index contributed by atoms with van der Waals surface area (Å²) in [4.78, 5) is 16.3. The van der Waals surface area contributed by atoms with Crippen LogP contribution < -0.4 is 26.0 Å². The van der Waals surface area contributed by atoms with Gasteiger partial charge in [0.2, 0.25) is 0 Å². The predicted molar refractivity (Wildman–Crippen MR) is 118 cm³/mol. The Bertz CT molecular complexity index is 993. The van der Waals surface area contributed by atoms with E-state index in [0.29, 0.717) is 30.5 Å². The Kier molecular flexibility index (Phi) is 6.99. The van der Waals surface area contributed by atoms with Crippen LogP contribution in [-0.4, -0.2) is 41.4 Å². The fourth-order valence-corrected chi connectivity index (χ4v) is 2.67. The molecule has 0 radical (unpaired) electrons. The van der Waals surface area contributed by atoms with E-state index in [1.54, 1.807) is 19.4 Å². The number of rotatable bonds is 8. The first kappa shape index (κ1) is 20.8. The summed E-state index contributed by atoms with van der Waals surface area (Å²) in [6.45, 7) is 4.84. The molecule has 2 heterocycles. The fourth-order valence-electron chi connectivity index (χ4n) is 2.67. The number of benzene rings is 1. The number of methoxy groups -OCH3 is 1. The van der Waals surface area contributed by atoms with Crippen molar-refractivity contribution in [1.82, 2.24) is 20.5 Å². The van der Waals surface area contributed by atoms with Crippen LogP contribution in [-0.2, 0) is 0 Å². The summed E-state index contributed by atoms with van der Waals surface area (Å²) in [5.74, 6) is 2.68. The summed E-state index contributed by atoms with van der Waals surface area (Å²) in [7, 11) is 1.61. The first-order chi connectivity index (χ1) is 14.5. The van der Waals surface area contributed by atoms with Crippen LogP contribution in [0.3, 0.4) is 0 Å². The number of ether oxygens (including phenoxy) is 1. The second kappa shape index (κ2) is 10.1.